The van der Waals surface area contributed by atoms with Gasteiger partial charge in [-0.15, -0.1) is 0 Å². The van der Waals surface area contributed by atoms with E-state index in [2.05, 4.69) is 31.9 Å². The Morgan fingerprint density at radius 3 is 1.57 bits per heavy atom. The Morgan fingerprint density at radius 2 is 1.03 bits per heavy atom. The van der Waals surface area contributed by atoms with Gasteiger partial charge in [-0.2, -0.15) is 0 Å². The highest BCUT2D eigenvalue weighted by Gasteiger charge is 2.32. The van der Waals surface area contributed by atoms with Gasteiger partial charge in [0.2, 0.25) is 23.6 Å². The Bertz CT molecular complexity index is 1690. The van der Waals surface area contributed by atoms with E-state index in [0.717, 1.165) is 11.1 Å². The summed E-state index contributed by atoms with van der Waals surface area (Å²) in [6.07, 6.45) is 0.850. The second-order valence-electron chi connectivity index (χ2n) is 17.1. The molecule has 2 aromatic rings. The fourth-order valence-corrected chi connectivity index (χ4v) is 5.85. The Kier molecular flexibility index (Phi) is 21.1. The molecule has 0 heterocycles. The Balaban J connectivity index is 2.34. The third-order valence-corrected chi connectivity index (χ3v) is 8.79. The summed E-state index contributed by atoms with van der Waals surface area (Å²) in [6.45, 7) is 13.8. The number of aliphatic carboxylic acids is 1. The molecule has 0 radical (unpaired) electrons. The Morgan fingerprint density at radius 1 is 0.550 bits per heavy atom. The number of ether oxygens (including phenoxy) is 2. The lowest BCUT2D eigenvalue weighted by molar-refractivity contribution is -0.138. The average Bonchev–Trinajstić information content (AvgIpc) is 3.15. The van der Waals surface area contributed by atoms with Crippen LogP contribution in [0.15, 0.2) is 60.7 Å². The van der Waals surface area contributed by atoms with Gasteiger partial charge in [-0.05, 0) is 104 Å². The molecule has 0 aliphatic heterocycles. The number of hydrogen-bond donors (Lipinski definition) is 7. The molecule has 4 atom stereocenters. The van der Waals surface area contributed by atoms with Crippen molar-refractivity contribution in [3.8, 4) is 0 Å². The highest BCUT2D eigenvalue weighted by atomic mass is 16.6. The van der Waals surface area contributed by atoms with Crippen molar-refractivity contribution in [2.75, 3.05) is 13.1 Å². The van der Waals surface area contributed by atoms with Gasteiger partial charge >= 0.3 is 18.2 Å². The smallest absolute Gasteiger partial charge is 0.408 e. The maximum absolute atomic E-state index is 14.2. The third-order valence-electron chi connectivity index (χ3n) is 8.79. The second kappa shape index (κ2) is 25.1. The predicted octanol–water partition coefficient (Wildman–Crippen LogP) is 4.54. The van der Waals surface area contributed by atoms with Gasteiger partial charge in [0.05, 0.1) is 0 Å². The molecule has 0 aliphatic carbocycles. The summed E-state index contributed by atoms with van der Waals surface area (Å²) < 4.78 is 10.7. The van der Waals surface area contributed by atoms with Crippen LogP contribution >= 0.6 is 0 Å². The average molecular weight is 839 g/mol. The van der Waals surface area contributed by atoms with Crippen molar-refractivity contribution in [3.63, 3.8) is 0 Å². The van der Waals surface area contributed by atoms with Gasteiger partial charge in [-0.1, -0.05) is 74.5 Å². The number of carboxylic acids is 1. The monoisotopic (exact) mass is 838 g/mol. The van der Waals surface area contributed by atoms with E-state index < -0.39 is 83.7 Å². The number of nitrogens with one attached hydrogen (secondary N) is 6. The first-order chi connectivity index (χ1) is 28.1. The van der Waals surface area contributed by atoms with Gasteiger partial charge in [0, 0.05) is 13.0 Å². The first-order valence-electron chi connectivity index (χ1n) is 20.6. The molecule has 2 aromatic carbocycles. The first-order valence-corrected chi connectivity index (χ1v) is 20.6. The minimum absolute atomic E-state index is 0.0479. The zero-order valence-corrected chi connectivity index (χ0v) is 36.4. The van der Waals surface area contributed by atoms with Gasteiger partial charge in [-0.25, -0.2) is 9.59 Å². The van der Waals surface area contributed by atoms with Crippen LogP contribution < -0.4 is 31.9 Å². The van der Waals surface area contributed by atoms with Gasteiger partial charge in [-0.3, -0.25) is 24.0 Å². The van der Waals surface area contributed by atoms with E-state index in [1.54, 1.807) is 65.8 Å². The summed E-state index contributed by atoms with van der Waals surface area (Å²) in [5.41, 5.74) is 0.144. The van der Waals surface area contributed by atoms with Crippen LogP contribution in [-0.4, -0.2) is 95.4 Å². The van der Waals surface area contributed by atoms with Crippen molar-refractivity contribution in [2.45, 2.75) is 142 Å². The zero-order chi connectivity index (χ0) is 44.9. The van der Waals surface area contributed by atoms with Crippen LogP contribution in [0.3, 0.4) is 0 Å². The van der Waals surface area contributed by atoms with Crippen molar-refractivity contribution in [2.24, 2.45) is 5.92 Å². The normalized spacial score (nSPS) is 13.4. The molecule has 0 bridgehead atoms. The van der Waals surface area contributed by atoms with Crippen LogP contribution in [0.1, 0.15) is 105 Å². The van der Waals surface area contributed by atoms with Crippen LogP contribution in [0.4, 0.5) is 9.59 Å². The largest absolute Gasteiger partial charge is 0.480 e. The van der Waals surface area contributed by atoms with E-state index in [9.17, 15) is 38.7 Å². The molecule has 0 aliphatic rings. The lowest BCUT2D eigenvalue weighted by Gasteiger charge is -2.27. The maximum atomic E-state index is 14.2. The molecule has 0 aromatic heterocycles. The SMILES string of the molecule is CC(C)CC[C@@H](NC(=O)[C@@H](Cc1ccccc1)NC(=O)[C@@H](CCc1ccccc1)NC(=O)OC(C)(C)C)C(=O)N[C@H](CCCCNC(=O)OC(C)(C)C)C(=O)NCC(=O)O. The van der Waals surface area contributed by atoms with E-state index in [1.165, 1.54) is 0 Å². The quantitative estimate of drug-likeness (QED) is 0.0773. The number of unbranched alkanes of at least 4 members (excludes halogenated alkanes) is 1. The summed E-state index contributed by atoms with van der Waals surface area (Å²) in [7, 11) is 0. The lowest BCUT2D eigenvalue weighted by atomic mass is 10.00. The highest BCUT2D eigenvalue weighted by Crippen LogP contribution is 2.13. The number of rotatable bonds is 23. The van der Waals surface area contributed by atoms with Gasteiger partial charge in [0.25, 0.3) is 0 Å². The van der Waals surface area contributed by atoms with Crippen molar-refractivity contribution >= 4 is 41.8 Å². The predicted molar refractivity (Wildman–Crippen MR) is 227 cm³/mol. The number of carbonyl (C=O) groups excluding carboxylic acids is 6. The van der Waals surface area contributed by atoms with Crippen molar-refractivity contribution in [1.29, 1.82) is 0 Å². The molecule has 0 saturated carbocycles. The molecule has 0 unspecified atom stereocenters. The number of carboxylic acid groups (broad SMARTS) is 1. The van der Waals surface area contributed by atoms with Crippen LogP contribution in [0.25, 0.3) is 0 Å². The molecule has 0 fully saturated rings. The second-order valence-corrected chi connectivity index (χ2v) is 17.1. The summed E-state index contributed by atoms with van der Waals surface area (Å²) >= 11 is 0. The molecule has 2 rings (SSSR count). The maximum Gasteiger partial charge on any atom is 0.408 e. The minimum Gasteiger partial charge on any atom is -0.480 e. The van der Waals surface area contributed by atoms with Crippen LogP contribution in [0.5, 0.6) is 0 Å². The van der Waals surface area contributed by atoms with Crippen molar-refractivity contribution in [1.82, 2.24) is 31.9 Å². The number of hydrogen-bond acceptors (Lipinski definition) is 9. The first kappa shape index (κ1) is 50.5. The standard InChI is InChI=1S/C44H66N6O10/c1-29(2)22-24-33(38(54)47-32(37(53)46-28-36(51)52)21-15-16-26-45-41(57)59-43(3,4)5)48-40(56)35(27-31-19-13-10-14-20-31)49-39(55)34(50-42(58)60-44(6,7)8)25-23-30-17-11-9-12-18-30/h9-14,17-20,29,32-35H,15-16,21-28H2,1-8H3,(H,45,57)(H,46,53)(H,47,54)(H,48,56)(H,49,55)(H,50,58)(H,51,52)/t32-,33-,34-,35-/m1/s1. The molecule has 16 heteroatoms. The molecule has 6 amide bonds. The lowest BCUT2D eigenvalue weighted by Crippen LogP contribution is -2.59. The summed E-state index contributed by atoms with van der Waals surface area (Å²) in [4.78, 5) is 91.6. The third kappa shape index (κ3) is 21.9. The van der Waals surface area contributed by atoms with Crippen LogP contribution in [0, 0.1) is 5.92 Å². The number of alkyl carbamates (subject to hydrolysis) is 2. The molecular weight excluding hydrogens is 773 g/mol. The van der Waals surface area contributed by atoms with Crippen LogP contribution in [0.2, 0.25) is 0 Å². The molecular formula is C44H66N6O10. The fourth-order valence-electron chi connectivity index (χ4n) is 5.85. The molecule has 0 saturated heterocycles. The van der Waals surface area contributed by atoms with E-state index in [4.69, 9.17) is 9.47 Å². The Labute approximate surface area is 354 Å². The number of aryl methyl sites for hydroxylation is 1. The molecule has 16 nitrogen and oxygen atoms in total. The summed E-state index contributed by atoms with van der Waals surface area (Å²) in [6, 6.07) is 13.8. The number of carbonyl (C=O) groups is 7. The van der Waals surface area contributed by atoms with Crippen LogP contribution in [-0.2, 0) is 46.3 Å². The van der Waals surface area contributed by atoms with Crippen molar-refractivity contribution in [3.05, 3.63) is 71.8 Å². The van der Waals surface area contributed by atoms with E-state index in [-0.39, 0.29) is 38.1 Å². The van der Waals surface area contributed by atoms with Gasteiger partial charge in [0.15, 0.2) is 0 Å². The minimum atomic E-state index is -1.27. The molecule has 332 valence electrons. The molecule has 0 spiro atoms. The number of benzene rings is 2. The topological polar surface area (TPSA) is 230 Å². The van der Waals surface area contributed by atoms with Gasteiger partial charge in [0.1, 0.15) is 41.9 Å². The fraction of sp³-hybridized carbons (Fsp3) is 0.568. The molecule has 60 heavy (non-hydrogen) atoms. The van der Waals surface area contributed by atoms with E-state index in [1.807, 2.05) is 50.2 Å². The molecule has 7 N–H and O–H groups in total. The summed E-state index contributed by atoms with van der Waals surface area (Å²) in [5.74, 6) is -3.85. The summed E-state index contributed by atoms with van der Waals surface area (Å²) in [5, 5.41) is 25.1. The number of amides is 6. The zero-order valence-electron chi connectivity index (χ0n) is 36.4. The van der Waals surface area contributed by atoms with E-state index in [0.29, 0.717) is 25.7 Å². The highest BCUT2D eigenvalue weighted by molar-refractivity contribution is 5.95. The van der Waals surface area contributed by atoms with Crippen molar-refractivity contribution < 1.29 is 48.1 Å². The van der Waals surface area contributed by atoms with E-state index >= 15 is 0 Å². The van der Waals surface area contributed by atoms with Gasteiger partial charge < -0.3 is 46.5 Å². The Hall–Kier alpha value is -5.67.